The number of nitrogens with one attached hydrogen (secondary N) is 1. The van der Waals surface area contributed by atoms with Gasteiger partial charge in [-0.3, -0.25) is 4.79 Å². The van der Waals surface area contributed by atoms with Gasteiger partial charge in [0.1, 0.15) is 0 Å². The summed E-state index contributed by atoms with van der Waals surface area (Å²) in [5.74, 6) is 0.195. The smallest absolute Gasteiger partial charge is 0.252 e. The predicted molar refractivity (Wildman–Crippen MR) is 81.8 cm³/mol. The molecule has 5 heteroatoms. The molecule has 0 spiro atoms. The van der Waals surface area contributed by atoms with Crippen LogP contribution in [0.4, 0.5) is 5.69 Å². The maximum absolute atomic E-state index is 12.1. The molecular weight excluding hydrogens is 283 g/mol. The number of carbonyl (C=O) groups is 1. The van der Waals surface area contributed by atoms with Crippen LogP contribution >= 0.6 is 23.2 Å². The maximum Gasteiger partial charge on any atom is 0.252 e. The number of nitrogen functional groups attached to an aromatic ring is 1. The average molecular weight is 303 g/mol. The molecule has 1 aromatic carbocycles. The van der Waals surface area contributed by atoms with Crippen LogP contribution in [0, 0.1) is 11.3 Å². The van der Waals surface area contributed by atoms with Crippen molar-refractivity contribution < 1.29 is 4.79 Å². The lowest BCUT2D eigenvalue weighted by Gasteiger charge is -2.29. The van der Waals surface area contributed by atoms with E-state index in [2.05, 4.69) is 33.0 Å². The van der Waals surface area contributed by atoms with Gasteiger partial charge in [-0.25, -0.2) is 0 Å². The SMILES string of the molecule is CC(C)C(C)(C)CNC(=O)c1cc(N)cc(Cl)c1Cl. The highest BCUT2D eigenvalue weighted by molar-refractivity contribution is 6.44. The van der Waals surface area contributed by atoms with Gasteiger partial charge in [0.15, 0.2) is 0 Å². The number of benzene rings is 1. The molecule has 0 bridgehead atoms. The molecule has 0 fully saturated rings. The summed E-state index contributed by atoms with van der Waals surface area (Å²) in [5.41, 5.74) is 6.41. The lowest BCUT2D eigenvalue weighted by atomic mass is 9.81. The van der Waals surface area contributed by atoms with Gasteiger partial charge in [-0.2, -0.15) is 0 Å². The molecule has 1 aromatic rings. The zero-order valence-corrected chi connectivity index (χ0v) is 13.2. The Balaban J connectivity index is 2.86. The van der Waals surface area contributed by atoms with Gasteiger partial charge >= 0.3 is 0 Å². The minimum Gasteiger partial charge on any atom is -0.399 e. The summed E-state index contributed by atoms with van der Waals surface area (Å²) >= 11 is 11.9. The molecule has 0 atom stereocenters. The standard InChI is InChI=1S/C14H20Cl2N2O/c1-8(2)14(3,4)7-18-13(19)10-5-9(17)6-11(15)12(10)16/h5-6,8H,7,17H2,1-4H3,(H,18,19). The molecule has 3 nitrogen and oxygen atoms in total. The Morgan fingerprint density at radius 3 is 2.47 bits per heavy atom. The molecule has 0 aliphatic heterocycles. The topological polar surface area (TPSA) is 55.1 Å². The van der Waals surface area contributed by atoms with E-state index in [4.69, 9.17) is 28.9 Å². The van der Waals surface area contributed by atoms with Crippen LogP contribution in [0.1, 0.15) is 38.1 Å². The van der Waals surface area contributed by atoms with Crippen molar-refractivity contribution in [3.05, 3.63) is 27.7 Å². The van der Waals surface area contributed by atoms with Gasteiger partial charge in [0, 0.05) is 12.2 Å². The monoisotopic (exact) mass is 302 g/mol. The molecule has 1 amide bonds. The van der Waals surface area contributed by atoms with Crippen molar-refractivity contribution >= 4 is 34.8 Å². The molecular formula is C14H20Cl2N2O. The Hall–Kier alpha value is -0.930. The van der Waals surface area contributed by atoms with Crippen molar-refractivity contribution in [3.8, 4) is 0 Å². The third-order valence-corrected chi connectivity index (χ3v) is 4.36. The fraction of sp³-hybridized carbons (Fsp3) is 0.500. The first-order chi connectivity index (χ1) is 8.65. The van der Waals surface area contributed by atoms with Crippen LogP contribution in [0.2, 0.25) is 10.0 Å². The second kappa shape index (κ2) is 6.02. The second-order valence-electron chi connectivity index (χ2n) is 5.69. The molecule has 0 heterocycles. The van der Waals surface area contributed by atoms with Crippen LogP contribution in [-0.2, 0) is 0 Å². The van der Waals surface area contributed by atoms with E-state index >= 15 is 0 Å². The van der Waals surface area contributed by atoms with Crippen molar-refractivity contribution in [1.29, 1.82) is 0 Å². The predicted octanol–water partition coefficient (Wildman–Crippen LogP) is 3.99. The lowest BCUT2D eigenvalue weighted by Crippen LogP contribution is -2.37. The van der Waals surface area contributed by atoms with E-state index in [-0.39, 0.29) is 21.4 Å². The molecule has 1 rings (SSSR count). The van der Waals surface area contributed by atoms with E-state index in [9.17, 15) is 4.79 Å². The minimum absolute atomic E-state index is 0.00621. The van der Waals surface area contributed by atoms with Crippen LogP contribution in [0.25, 0.3) is 0 Å². The summed E-state index contributed by atoms with van der Waals surface area (Å²) in [6.07, 6.45) is 0. The number of anilines is 1. The van der Waals surface area contributed by atoms with Crippen LogP contribution in [0.15, 0.2) is 12.1 Å². The van der Waals surface area contributed by atoms with Gasteiger partial charge in [-0.05, 0) is 23.5 Å². The first kappa shape index (κ1) is 16.1. The van der Waals surface area contributed by atoms with E-state index in [0.29, 0.717) is 23.7 Å². The highest BCUT2D eigenvalue weighted by Crippen LogP contribution is 2.29. The molecule has 0 aliphatic rings. The molecule has 0 aromatic heterocycles. The summed E-state index contributed by atoms with van der Waals surface area (Å²) in [4.78, 5) is 12.1. The Kier molecular flexibility index (Phi) is 5.11. The number of halogens is 2. The molecule has 106 valence electrons. The largest absolute Gasteiger partial charge is 0.399 e. The summed E-state index contributed by atoms with van der Waals surface area (Å²) in [5, 5.41) is 3.40. The zero-order chi connectivity index (χ0) is 14.8. The number of rotatable bonds is 4. The molecule has 19 heavy (non-hydrogen) atoms. The normalized spacial score (nSPS) is 11.7. The number of hydrogen-bond donors (Lipinski definition) is 2. The summed E-state index contributed by atoms with van der Waals surface area (Å²) in [7, 11) is 0. The molecule has 3 N–H and O–H groups in total. The Labute approximate surface area is 124 Å². The second-order valence-corrected chi connectivity index (χ2v) is 6.48. The van der Waals surface area contributed by atoms with Crippen LogP contribution in [-0.4, -0.2) is 12.5 Å². The molecule has 0 radical (unpaired) electrons. The van der Waals surface area contributed by atoms with E-state index in [1.165, 1.54) is 12.1 Å². The van der Waals surface area contributed by atoms with Gasteiger partial charge < -0.3 is 11.1 Å². The number of amides is 1. The molecule has 0 aliphatic carbocycles. The maximum atomic E-state index is 12.1. The van der Waals surface area contributed by atoms with E-state index < -0.39 is 0 Å². The van der Waals surface area contributed by atoms with Crippen molar-refractivity contribution in [2.24, 2.45) is 11.3 Å². The van der Waals surface area contributed by atoms with Crippen molar-refractivity contribution in [3.63, 3.8) is 0 Å². The Morgan fingerprint density at radius 1 is 1.37 bits per heavy atom. The Morgan fingerprint density at radius 2 is 1.95 bits per heavy atom. The molecule has 0 saturated heterocycles. The third-order valence-electron chi connectivity index (χ3n) is 3.56. The number of hydrogen-bond acceptors (Lipinski definition) is 2. The zero-order valence-electron chi connectivity index (χ0n) is 11.7. The van der Waals surface area contributed by atoms with Crippen molar-refractivity contribution in [2.45, 2.75) is 27.7 Å². The number of carbonyl (C=O) groups excluding carboxylic acids is 1. The van der Waals surface area contributed by atoms with Crippen LogP contribution < -0.4 is 11.1 Å². The van der Waals surface area contributed by atoms with Crippen LogP contribution in [0.5, 0.6) is 0 Å². The van der Waals surface area contributed by atoms with Gasteiger partial charge in [0.2, 0.25) is 0 Å². The van der Waals surface area contributed by atoms with E-state index in [0.717, 1.165) is 0 Å². The Bertz CT molecular complexity index is 485. The highest BCUT2D eigenvalue weighted by atomic mass is 35.5. The van der Waals surface area contributed by atoms with Crippen LogP contribution in [0.3, 0.4) is 0 Å². The van der Waals surface area contributed by atoms with Gasteiger partial charge in [-0.1, -0.05) is 50.9 Å². The summed E-state index contributed by atoms with van der Waals surface area (Å²) < 4.78 is 0. The van der Waals surface area contributed by atoms with Gasteiger partial charge in [0.25, 0.3) is 5.91 Å². The third kappa shape index (κ3) is 4.02. The molecule has 0 saturated carbocycles. The fourth-order valence-electron chi connectivity index (χ4n) is 1.38. The van der Waals surface area contributed by atoms with Gasteiger partial charge in [-0.15, -0.1) is 0 Å². The average Bonchev–Trinajstić information content (AvgIpc) is 2.30. The lowest BCUT2D eigenvalue weighted by molar-refractivity contribution is 0.0925. The van der Waals surface area contributed by atoms with Gasteiger partial charge in [0.05, 0.1) is 15.6 Å². The summed E-state index contributed by atoms with van der Waals surface area (Å²) in [6, 6.07) is 3.06. The van der Waals surface area contributed by atoms with E-state index in [1.807, 2.05) is 0 Å². The van der Waals surface area contributed by atoms with Crippen molar-refractivity contribution in [1.82, 2.24) is 5.32 Å². The number of nitrogens with two attached hydrogens (primary N) is 1. The highest BCUT2D eigenvalue weighted by Gasteiger charge is 2.24. The minimum atomic E-state index is -0.257. The molecule has 0 unspecified atom stereocenters. The fourth-order valence-corrected chi connectivity index (χ4v) is 1.81. The summed E-state index contributed by atoms with van der Waals surface area (Å²) in [6.45, 7) is 9.01. The van der Waals surface area contributed by atoms with Crippen molar-refractivity contribution in [2.75, 3.05) is 12.3 Å². The first-order valence-electron chi connectivity index (χ1n) is 6.18. The first-order valence-corrected chi connectivity index (χ1v) is 6.93. The quantitative estimate of drug-likeness (QED) is 0.826. The van der Waals surface area contributed by atoms with E-state index in [1.54, 1.807) is 0 Å².